The van der Waals surface area contributed by atoms with Crippen molar-refractivity contribution in [3.8, 4) is 0 Å². The Kier molecular flexibility index (Phi) is 5.39. The molecule has 24 heavy (non-hydrogen) atoms. The number of methoxy groups -OCH3 is 1. The summed E-state index contributed by atoms with van der Waals surface area (Å²) in [5, 5.41) is 0. The highest BCUT2D eigenvalue weighted by molar-refractivity contribution is 7.89. The third-order valence-corrected chi connectivity index (χ3v) is 6.97. The average Bonchev–Trinajstić information content (AvgIpc) is 3.01. The Balaban J connectivity index is 1.73. The van der Waals surface area contributed by atoms with Crippen LogP contribution >= 0.6 is 11.3 Å². The lowest BCUT2D eigenvalue weighted by atomic mass is 9.92. The third-order valence-electron chi connectivity index (χ3n) is 4.45. The van der Waals surface area contributed by atoms with E-state index in [0.29, 0.717) is 4.90 Å². The quantitative estimate of drug-likeness (QED) is 0.851. The van der Waals surface area contributed by atoms with Crippen molar-refractivity contribution in [3.05, 3.63) is 51.2 Å². The van der Waals surface area contributed by atoms with E-state index >= 15 is 0 Å². The molecule has 0 saturated carbocycles. The average molecular weight is 366 g/mol. The van der Waals surface area contributed by atoms with Crippen LogP contribution < -0.4 is 4.72 Å². The molecule has 0 bridgehead atoms. The summed E-state index contributed by atoms with van der Waals surface area (Å²) in [5.74, 6) is 0. The van der Waals surface area contributed by atoms with Gasteiger partial charge in [-0.05, 0) is 68.0 Å². The smallest absolute Gasteiger partial charge is 0.240 e. The Morgan fingerprint density at radius 1 is 1.17 bits per heavy atom. The predicted molar refractivity (Wildman–Crippen MR) is 97.1 cm³/mol. The molecule has 1 N–H and O–H groups in total. The molecule has 0 radical (unpaired) electrons. The van der Waals surface area contributed by atoms with Gasteiger partial charge in [0.25, 0.3) is 0 Å². The van der Waals surface area contributed by atoms with Gasteiger partial charge in [0, 0.05) is 23.4 Å². The van der Waals surface area contributed by atoms with Gasteiger partial charge < -0.3 is 4.74 Å². The first kappa shape index (κ1) is 17.6. The van der Waals surface area contributed by atoms with E-state index in [4.69, 9.17) is 4.74 Å². The summed E-state index contributed by atoms with van der Waals surface area (Å²) in [6, 6.07) is 9.50. The second-order valence-electron chi connectivity index (χ2n) is 6.16. The fourth-order valence-electron chi connectivity index (χ4n) is 3.07. The van der Waals surface area contributed by atoms with E-state index in [1.165, 1.54) is 22.4 Å². The standard InChI is InChI=1S/C18H23NO3S2/c1-13-7-10-18(23-13)17(22-2)12-19-24(20,21)16-9-8-14-5-3-4-6-15(14)11-16/h7-11,17,19H,3-6,12H2,1-2H3. The molecule has 1 aliphatic carbocycles. The van der Waals surface area contributed by atoms with Crippen LogP contribution in [0.1, 0.15) is 39.8 Å². The number of rotatable bonds is 6. The summed E-state index contributed by atoms with van der Waals surface area (Å²) >= 11 is 1.63. The van der Waals surface area contributed by atoms with Crippen LogP contribution in [0.25, 0.3) is 0 Å². The maximum absolute atomic E-state index is 12.6. The van der Waals surface area contributed by atoms with Crippen molar-refractivity contribution in [1.29, 1.82) is 0 Å². The number of hydrogen-bond donors (Lipinski definition) is 1. The normalized spacial score (nSPS) is 15.9. The number of benzene rings is 1. The molecule has 2 aromatic rings. The molecule has 1 atom stereocenters. The molecule has 0 amide bonds. The lowest BCUT2D eigenvalue weighted by molar-refractivity contribution is 0.110. The molecule has 130 valence electrons. The Bertz CT molecular complexity index is 811. The highest BCUT2D eigenvalue weighted by Gasteiger charge is 2.20. The van der Waals surface area contributed by atoms with Crippen LogP contribution in [-0.2, 0) is 27.6 Å². The highest BCUT2D eigenvalue weighted by Crippen LogP contribution is 2.26. The van der Waals surface area contributed by atoms with Crippen molar-refractivity contribution in [2.45, 2.75) is 43.6 Å². The van der Waals surface area contributed by atoms with Gasteiger partial charge in [-0.25, -0.2) is 13.1 Å². The molecule has 1 aliphatic rings. The minimum Gasteiger partial charge on any atom is -0.375 e. The molecule has 4 nitrogen and oxygen atoms in total. The van der Waals surface area contributed by atoms with E-state index in [1.54, 1.807) is 24.5 Å². The van der Waals surface area contributed by atoms with Gasteiger partial charge in [0.05, 0.1) is 4.90 Å². The second-order valence-corrected chi connectivity index (χ2v) is 9.25. The zero-order valence-electron chi connectivity index (χ0n) is 14.0. The van der Waals surface area contributed by atoms with Crippen molar-refractivity contribution in [2.24, 2.45) is 0 Å². The van der Waals surface area contributed by atoms with Crippen LogP contribution in [0.2, 0.25) is 0 Å². The molecular formula is C18H23NO3S2. The van der Waals surface area contributed by atoms with Gasteiger partial charge in [-0.2, -0.15) is 0 Å². The van der Waals surface area contributed by atoms with E-state index in [9.17, 15) is 8.42 Å². The Morgan fingerprint density at radius 3 is 2.58 bits per heavy atom. The van der Waals surface area contributed by atoms with Crippen molar-refractivity contribution < 1.29 is 13.2 Å². The highest BCUT2D eigenvalue weighted by atomic mass is 32.2. The fraction of sp³-hybridized carbons (Fsp3) is 0.444. The van der Waals surface area contributed by atoms with E-state index in [-0.39, 0.29) is 12.6 Å². The molecule has 0 aliphatic heterocycles. The number of thiophene rings is 1. The summed E-state index contributed by atoms with van der Waals surface area (Å²) in [6.45, 7) is 2.26. The Hall–Kier alpha value is -1.21. The summed E-state index contributed by atoms with van der Waals surface area (Å²) in [4.78, 5) is 2.56. The van der Waals surface area contributed by atoms with E-state index in [0.717, 1.165) is 24.1 Å². The first-order valence-corrected chi connectivity index (χ1v) is 10.5. The largest absolute Gasteiger partial charge is 0.375 e. The lowest BCUT2D eigenvalue weighted by Crippen LogP contribution is -2.29. The van der Waals surface area contributed by atoms with Crippen LogP contribution in [-0.4, -0.2) is 22.1 Å². The topological polar surface area (TPSA) is 55.4 Å². The zero-order valence-corrected chi connectivity index (χ0v) is 15.7. The van der Waals surface area contributed by atoms with Crippen LogP contribution in [0.5, 0.6) is 0 Å². The monoisotopic (exact) mass is 365 g/mol. The molecule has 0 fully saturated rings. The predicted octanol–water partition coefficient (Wildman–Crippen LogP) is 3.60. The fourth-order valence-corrected chi connectivity index (χ4v) is 5.11. The maximum Gasteiger partial charge on any atom is 0.240 e. The Labute approximate surface area is 147 Å². The molecule has 3 rings (SSSR count). The first-order chi connectivity index (χ1) is 11.5. The minimum atomic E-state index is -3.53. The molecule has 1 unspecified atom stereocenters. The number of aryl methyl sites for hydroxylation is 3. The SMILES string of the molecule is COC(CNS(=O)(=O)c1ccc2c(c1)CCCC2)c1ccc(C)s1. The van der Waals surface area contributed by atoms with Gasteiger partial charge in [0.1, 0.15) is 6.10 Å². The lowest BCUT2D eigenvalue weighted by Gasteiger charge is -2.18. The maximum atomic E-state index is 12.6. The second kappa shape index (κ2) is 7.35. The molecule has 0 spiro atoms. The van der Waals surface area contributed by atoms with E-state index in [1.807, 2.05) is 31.2 Å². The zero-order chi connectivity index (χ0) is 17.2. The summed E-state index contributed by atoms with van der Waals surface area (Å²) in [5.41, 5.74) is 2.45. The van der Waals surface area contributed by atoms with Crippen molar-refractivity contribution in [3.63, 3.8) is 0 Å². The summed E-state index contributed by atoms with van der Waals surface area (Å²) in [6.07, 6.45) is 4.07. The van der Waals surface area contributed by atoms with Gasteiger partial charge in [-0.15, -0.1) is 11.3 Å². The number of sulfonamides is 1. The Morgan fingerprint density at radius 2 is 1.92 bits per heavy atom. The van der Waals surface area contributed by atoms with Crippen LogP contribution in [0.4, 0.5) is 0 Å². The van der Waals surface area contributed by atoms with Gasteiger partial charge in [-0.1, -0.05) is 6.07 Å². The molecule has 1 aromatic heterocycles. The van der Waals surface area contributed by atoms with Crippen molar-refractivity contribution >= 4 is 21.4 Å². The van der Waals surface area contributed by atoms with Crippen LogP contribution in [0.15, 0.2) is 35.2 Å². The summed E-state index contributed by atoms with van der Waals surface area (Å²) < 4.78 is 33.4. The molecule has 0 saturated heterocycles. The van der Waals surface area contributed by atoms with Crippen LogP contribution in [0, 0.1) is 6.92 Å². The number of hydrogen-bond acceptors (Lipinski definition) is 4. The number of ether oxygens (including phenoxy) is 1. The van der Waals surface area contributed by atoms with Gasteiger partial charge >= 0.3 is 0 Å². The number of nitrogens with one attached hydrogen (secondary N) is 1. The molecule has 1 aromatic carbocycles. The molecule has 6 heteroatoms. The molecular weight excluding hydrogens is 342 g/mol. The van der Waals surface area contributed by atoms with Gasteiger partial charge in [-0.3, -0.25) is 0 Å². The first-order valence-electron chi connectivity index (χ1n) is 8.20. The van der Waals surface area contributed by atoms with Gasteiger partial charge in [0.2, 0.25) is 10.0 Å². The summed E-state index contributed by atoms with van der Waals surface area (Å²) in [7, 11) is -1.92. The van der Waals surface area contributed by atoms with Crippen LogP contribution in [0.3, 0.4) is 0 Å². The van der Waals surface area contributed by atoms with Crippen molar-refractivity contribution in [1.82, 2.24) is 4.72 Å². The third kappa shape index (κ3) is 3.88. The minimum absolute atomic E-state index is 0.232. The number of fused-ring (bicyclic) bond motifs is 1. The van der Waals surface area contributed by atoms with Gasteiger partial charge in [0.15, 0.2) is 0 Å². The van der Waals surface area contributed by atoms with E-state index in [2.05, 4.69) is 4.72 Å². The molecule has 1 heterocycles. The van der Waals surface area contributed by atoms with Crippen molar-refractivity contribution in [2.75, 3.05) is 13.7 Å². The van der Waals surface area contributed by atoms with E-state index < -0.39 is 10.0 Å².